The number of hydrogen-bond acceptors (Lipinski definition) is 3. The summed E-state index contributed by atoms with van der Waals surface area (Å²) in [6.07, 6.45) is 2.00. The molecule has 4 nitrogen and oxygen atoms in total. The largest absolute Gasteiger partial charge is 0.485 e. The van der Waals surface area contributed by atoms with Crippen LogP contribution in [0.3, 0.4) is 0 Å². The lowest BCUT2D eigenvalue weighted by Crippen LogP contribution is -2.00. The minimum absolute atomic E-state index is 0.535. The number of hydrogen-bond donors (Lipinski definition) is 0. The summed E-state index contributed by atoms with van der Waals surface area (Å²) < 4.78 is 13.5. The van der Waals surface area contributed by atoms with E-state index in [2.05, 4.69) is 17.1 Å². The fourth-order valence-corrected chi connectivity index (χ4v) is 2.43. The van der Waals surface area contributed by atoms with Crippen molar-refractivity contribution < 1.29 is 9.47 Å². The van der Waals surface area contributed by atoms with Gasteiger partial charge in [-0.1, -0.05) is 30.3 Å². The third kappa shape index (κ3) is 2.97. The number of rotatable bonds is 6. The lowest BCUT2D eigenvalue weighted by molar-refractivity contribution is 0.130. The Morgan fingerprint density at radius 2 is 1.86 bits per heavy atom. The van der Waals surface area contributed by atoms with Crippen LogP contribution in [0.4, 0.5) is 0 Å². The Morgan fingerprint density at radius 1 is 1.05 bits per heavy atom. The summed E-state index contributed by atoms with van der Waals surface area (Å²) in [6, 6.07) is 14.1. The van der Waals surface area contributed by atoms with Crippen molar-refractivity contribution in [1.82, 2.24) is 9.38 Å². The van der Waals surface area contributed by atoms with E-state index in [9.17, 15) is 0 Å². The third-order valence-corrected chi connectivity index (χ3v) is 3.59. The first-order valence-electron chi connectivity index (χ1n) is 7.50. The topological polar surface area (TPSA) is 35.8 Å². The molecule has 2 heterocycles. The molecule has 0 radical (unpaired) electrons. The molecule has 0 amide bonds. The van der Waals surface area contributed by atoms with Gasteiger partial charge in [0.05, 0.1) is 18.0 Å². The van der Waals surface area contributed by atoms with E-state index in [1.807, 2.05) is 54.8 Å². The molecule has 0 N–H and O–H groups in total. The van der Waals surface area contributed by atoms with Crippen molar-refractivity contribution in [3.8, 4) is 5.75 Å². The third-order valence-electron chi connectivity index (χ3n) is 3.59. The summed E-state index contributed by atoms with van der Waals surface area (Å²) in [5.41, 5.74) is 4.03. The van der Waals surface area contributed by atoms with Crippen LogP contribution >= 0.6 is 0 Å². The number of benzene rings is 1. The zero-order valence-electron chi connectivity index (χ0n) is 13.0. The Balaban J connectivity index is 1.87. The minimum Gasteiger partial charge on any atom is -0.485 e. The second-order valence-corrected chi connectivity index (χ2v) is 5.12. The van der Waals surface area contributed by atoms with Gasteiger partial charge in [-0.2, -0.15) is 0 Å². The number of pyridine rings is 1. The van der Waals surface area contributed by atoms with Crippen molar-refractivity contribution in [2.75, 3.05) is 6.61 Å². The molecule has 3 aromatic rings. The average molecular weight is 296 g/mol. The van der Waals surface area contributed by atoms with Crippen LogP contribution in [0.15, 0.2) is 48.7 Å². The van der Waals surface area contributed by atoms with Gasteiger partial charge in [-0.15, -0.1) is 0 Å². The second-order valence-electron chi connectivity index (χ2n) is 5.12. The van der Waals surface area contributed by atoms with Crippen LogP contribution in [0.2, 0.25) is 0 Å². The van der Waals surface area contributed by atoms with Crippen LogP contribution in [0.25, 0.3) is 5.65 Å². The molecule has 0 unspecified atom stereocenters. The number of aromatic nitrogens is 2. The number of aryl methyl sites for hydroxylation is 1. The van der Waals surface area contributed by atoms with Crippen LogP contribution in [-0.4, -0.2) is 16.0 Å². The van der Waals surface area contributed by atoms with E-state index >= 15 is 0 Å². The predicted molar refractivity (Wildman–Crippen MR) is 86.0 cm³/mol. The highest BCUT2D eigenvalue weighted by Crippen LogP contribution is 2.23. The van der Waals surface area contributed by atoms with Crippen molar-refractivity contribution >= 4 is 5.65 Å². The Kier molecular flexibility index (Phi) is 4.39. The Labute approximate surface area is 130 Å². The smallest absolute Gasteiger partial charge is 0.180 e. The second kappa shape index (κ2) is 6.62. The molecule has 0 fully saturated rings. The molecule has 114 valence electrons. The van der Waals surface area contributed by atoms with Crippen molar-refractivity contribution in [3.63, 3.8) is 0 Å². The molecule has 0 saturated heterocycles. The van der Waals surface area contributed by atoms with Gasteiger partial charge in [-0.25, -0.2) is 4.98 Å². The lowest BCUT2D eigenvalue weighted by Gasteiger charge is -2.08. The molecule has 0 atom stereocenters. The highest BCUT2D eigenvalue weighted by Gasteiger charge is 2.12. The van der Waals surface area contributed by atoms with Gasteiger partial charge in [0.1, 0.15) is 6.61 Å². The molecule has 0 aliphatic carbocycles. The van der Waals surface area contributed by atoms with E-state index in [0.29, 0.717) is 19.8 Å². The summed E-state index contributed by atoms with van der Waals surface area (Å²) >= 11 is 0. The molecule has 3 rings (SSSR count). The quantitative estimate of drug-likeness (QED) is 0.695. The fourth-order valence-electron chi connectivity index (χ4n) is 2.43. The molecular weight excluding hydrogens is 276 g/mol. The van der Waals surface area contributed by atoms with Gasteiger partial charge in [0.15, 0.2) is 11.4 Å². The molecule has 0 aliphatic rings. The summed E-state index contributed by atoms with van der Waals surface area (Å²) in [5.74, 6) is 0.789. The molecule has 1 aromatic carbocycles. The van der Waals surface area contributed by atoms with Crippen molar-refractivity contribution in [2.45, 2.75) is 27.1 Å². The van der Waals surface area contributed by atoms with Crippen LogP contribution in [0.5, 0.6) is 5.75 Å². The van der Waals surface area contributed by atoms with E-state index in [-0.39, 0.29) is 0 Å². The van der Waals surface area contributed by atoms with Crippen LogP contribution in [0.1, 0.15) is 23.9 Å². The molecule has 0 bridgehead atoms. The zero-order valence-corrected chi connectivity index (χ0v) is 13.0. The van der Waals surface area contributed by atoms with Gasteiger partial charge in [0.25, 0.3) is 0 Å². The molecule has 22 heavy (non-hydrogen) atoms. The van der Waals surface area contributed by atoms with Gasteiger partial charge in [-0.05, 0) is 31.5 Å². The van der Waals surface area contributed by atoms with E-state index < -0.39 is 0 Å². The Bertz CT molecular complexity index is 750. The summed E-state index contributed by atoms with van der Waals surface area (Å²) in [7, 11) is 0. The monoisotopic (exact) mass is 296 g/mol. The van der Waals surface area contributed by atoms with Gasteiger partial charge in [0.2, 0.25) is 0 Å². The Morgan fingerprint density at radius 3 is 2.64 bits per heavy atom. The average Bonchev–Trinajstić information content (AvgIpc) is 2.88. The molecule has 0 spiro atoms. The SMILES string of the molecule is CCOCc1c(C)nc2c(OCc3ccccc3)cccn12. The molecule has 0 aliphatic heterocycles. The van der Waals surface area contributed by atoms with Crippen LogP contribution < -0.4 is 4.74 Å². The van der Waals surface area contributed by atoms with Crippen molar-refractivity contribution in [2.24, 2.45) is 0 Å². The molecule has 0 saturated carbocycles. The van der Waals surface area contributed by atoms with Crippen LogP contribution in [-0.2, 0) is 18.0 Å². The van der Waals surface area contributed by atoms with Gasteiger partial charge in [-0.3, -0.25) is 4.40 Å². The standard InChI is InChI=1S/C18H20N2O2/c1-3-21-13-16-14(2)19-18-17(10-7-11-20(16)18)22-12-15-8-5-4-6-9-15/h4-11H,3,12-13H2,1-2H3. The summed E-state index contributed by atoms with van der Waals surface area (Å²) in [4.78, 5) is 4.64. The highest BCUT2D eigenvalue weighted by atomic mass is 16.5. The van der Waals surface area contributed by atoms with E-state index in [1.54, 1.807) is 0 Å². The van der Waals surface area contributed by atoms with Gasteiger partial charge in [0, 0.05) is 12.8 Å². The summed E-state index contributed by atoms with van der Waals surface area (Å²) in [5, 5.41) is 0. The maximum Gasteiger partial charge on any atom is 0.180 e. The minimum atomic E-state index is 0.535. The molecule has 4 heteroatoms. The number of fused-ring (bicyclic) bond motifs is 1. The fraction of sp³-hybridized carbons (Fsp3) is 0.278. The number of imidazole rings is 1. The van der Waals surface area contributed by atoms with Crippen molar-refractivity contribution in [1.29, 1.82) is 0 Å². The Hall–Kier alpha value is -2.33. The maximum absolute atomic E-state index is 5.95. The molecular formula is C18H20N2O2. The van der Waals surface area contributed by atoms with Crippen LogP contribution in [0, 0.1) is 6.92 Å². The van der Waals surface area contributed by atoms with E-state index in [0.717, 1.165) is 28.3 Å². The molecule has 2 aromatic heterocycles. The van der Waals surface area contributed by atoms with E-state index in [4.69, 9.17) is 9.47 Å². The number of nitrogens with zero attached hydrogens (tertiary/aromatic N) is 2. The van der Waals surface area contributed by atoms with Gasteiger partial charge >= 0.3 is 0 Å². The number of ether oxygens (including phenoxy) is 2. The zero-order chi connectivity index (χ0) is 15.4. The lowest BCUT2D eigenvalue weighted by atomic mass is 10.2. The van der Waals surface area contributed by atoms with E-state index in [1.165, 1.54) is 0 Å². The van der Waals surface area contributed by atoms with Crippen molar-refractivity contribution in [3.05, 3.63) is 65.6 Å². The summed E-state index contributed by atoms with van der Waals surface area (Å²) in [6.45, 7) is 5.78. The normalized spacial score (nSPS) is 11.0. The first-order valence-corrected chi connectivity index (χ1v) is 7.50. The highest BCUT2D eigenvalue weighted by molar-refractivity contribution is 5.56. The first kappa shape index (κ1) is 14.6. The van der Waals surface area contributed by atoms with Gasteiger partial charge < -0.3 is 9.47 Å². The first-order chi connectivity index (χ1) is 10.8. The predicted octanol–water partition coefficient (Wildman–Crippen LogP) is 3.76. The maximum atomic E-state index is 5.95.